The van der Waals surface area contributed by atoms with Gasteiger partial charge in [0.1, 0.15) is 0 Å². The van der Waals surface area contributed by atoms with Crippen LogP contribution in [0.25, 0.3) is 0 Å². The average Bonchev–Trinajstić information content (AvgIpc) is 2.78. The van der Waals surface area contributed by atoms with Crippen LogP contribution in [-0.4, -0.2) is 18.0 Å². The van der Waals surface area contributed by atoms with Crippen molar-refractivity contribution in [1.29, 1.82) is 0 Å². The summed E-state index contributed by atoms with van der Waals surface area (Å²) < 4.78 is 0. The van der Waals surface area contributed by atoms with Gasteiger partial charge in [0.25, 0.3) is 0 Å². The maximum absolute atomic E-state index is 12.3. The van der Waals surface area contributed by atoms with Gasteiger partial charge in [-0.05, 0) is 49.7 Å². The van der Waals surface area contributed by atoms with Gasteiger partial charge in [0, 0.05) is 24.2 Å². The fraction of sp³-hybridized carbons (Fsp3) is 0.588. The molecule has 1 aromatic rings. The lowest BCUT2D eigenvalue weighted by molar-refractivity contribution is -0.117. The van der Waals surface area contributed by atoms with Crippen LogP contribution in [-0.2, 0) is 11.2 Å². The van der Waals surface area contributed by atoms with Gasteiger partial charge in [0.15, 0.2) is 0 Å². The molecule has 2 N–H and O–H groups in total. The van der Waals surface area contributed by atoms with Gasteiger partial charge in [-0.25, -0.2) is 0 Å². The Morgan fingerprint density at radius 1 is 1.25 bits per heavy atom. The lowest BCUT2D eigenvalue weighted by atomic mass is 9.89. The number of hydrogen-bond donors (Lipinski definition) is 2. The molecular weight excluding hydrogens is 248 g/mol. The molecule has 2 unspecified atom stereocenters. The van der Waals surface area contributed by atoms with Gasteiger partial charge in [-0.1, -0.05) is 25.1 Å². The van der Waals surface area contributed by atoms with Gasteiger partial charge >= 0.3 is 0 Å². The first-order valence-electron chi connectivity index (χ1n) is 7.88. The third-order valence-electron chi connectivity index (χ3n) is 4.72. The largest absolute Gasteiger partial charge is 0.326 e. The molecule has 3 nitrogen and oxygen atoms in total. The minimum Gasteiger partial charge on any atom is -0.326 e. The van der Waals surface area contributed by atoms with Crippen molar-refractivity contribution in [1.82, 2.24) is 5.32 Å². The highest BCUT2D eigenvalue weighted by atomic mass is 16.1. The van der Waals surface area contributed by atoms with Crippen molar-refractivity contribution in [2.24, 2.45) is 5.92 Å². The van der Waals surface area contributed by atoms with Crippen LogP contribution in [0.2, 0.25) is 0 Å². The summed E-state index contributed by atoms with van der Waals surface area (Å²) in [6.07, 6.45) is 6.54. The van der Waals surface area contributed by atoms with Gasteiger partial charge in [-0.2, -0.15) is 0 Å². The Hall–Kier alpha value is -1.35. The van der Waals surface area contributed by atoms with Crippen molar-refractivity contribution >= 4 is 11.6 Å². The van der Waals surface area contributed by atoms with Crippen molar-refractivity contribution in [3.05, 3.63) is 29.8 Å². The van der Waals surface area contributed by atoms with Crippen LogP contribution in [0.4, 0.5) is 5.69 Å². The Kier molecular flexibility index (Phi) is 4.06. The molecule has 0 spiro atoms. The second-order valence-electron chi connectivity index (χ2n) is 6.24. The number of nitrogens with one attached hydrogen (secondary N) is 2. The summed E-state index contributed by atoms with van der Waals surface area (Å²) in [6.45, 7) is 2.12. The molecule has 2 aliphatic rings. The molecule has 0 aromatic heterocycles. The summed E-state index contributed by atoms with van der Waals surface area (Å²) in [4.78, 5) is 12.3. The van der Waals surface area contributed by atoms with E-state index in [2.05, 4.69) is 23.6 Å². The van der Waals surface area contributed by atoms with Crippen LogP contribution in [0, 0.1) is 5.92 Å². The van der Waals surface area contributed by atoms with Crippen molar-refractivity contribution in [2.45, 2.75) is 57.5 Å². The van der Waals surface area contributed by atoms with Gasteiger partial charge in [-0.3, -0.25) is 4.79 Å². The number of fused-ring (bicyclic) bond motifs is 2. The molecule has 0 aliphatic carbocycles. The molecule has 2 bridgehead atoms. The first-order chi connectivity index (χ1) is 9.74. The van der Waals surface area contributed by atoms with E-state index < -0.39 is 0 Å². The van der Waals surface area contributed by atoms with E-state index in [0.717, 1.165) is 12.1 Å². The van der Waals surface area contributed by atoms with Crippen LogP contribution in [0.1, 0.15) is 44.6 Å². The Morgan fingerprint density at radius 3 is 2.65 bits per heavy atom. The molecule has 20 heavy (non-hydrogen) atoms. The highest BCUT2D eigenvalue weighted by Crippen LogP contribution is 2.32. The van der Waals surface area contributed by atoms with Crippen LogP contribution in [0.3, 0.4) is 0 Å². The van der Waals surface area contributed by atoms with Crippen molar-refractivity contribution < 1.29 is 4.79 Å². The molecule has 2 atom stereocenters. The Balaban J connectivity index is 1.57. The SMILES string of the molecule is CCc1ccccc1NC(=O)CC1CC2CCC(C1)N2. The van der Waals surface area contributed by atoms with E-state index in [1.165, 1.54) is 31.2 Å². The van der Waals surface area contributed by atoms with Crippen molar-refractivity contribution in [2.75, 3.05) is 5.32 Å². The first-order valence-corrected chi connectivity index (χ1v) is 7.88. The van der Waals surface area contributed by atoms with Crippen LogP contribution >= 0.6 is 0 Å². The Labute approximate surface area is 121 Å². The zero-order valence-corrected chi connectivity index (χ0v) is 12.2. The first kappa shape index (κ1) is 13.6. The molecule has 3 rings (SSSR count). The van der Waals surface area contributed by atoms with Crippen molar-refractivity contribution in [3.8, 4) is 0 Å². The molecule has 108 valence electrons. The number of anilines is 1. The number of carbonyl (C=O) groups is 1. The van der Waals surface area contributed by atoms with Crippen LogP contribution in [0.5, 0.6) is 0 Å². The number of aryl methyl sites for hydroxylation is 1. The summed E-state index contributed by atoms with van der Waals surface area (Å²) in [7, 11) is 0. The number of benzene rings is 1. The molecule has 2 saturated heterocycles. The standard InChI is InChI=1S/C17H24N2O/c1-2-13-5-3-4-6-16(13)19-17(20)11-12-9-14-7-8-15(10-12)18-14/h3-6,12,14-15,18H,2,7-11H2,1H3,(H,19,20). The molecule has 0 saturated carbocycles. The topological polar surface area (TPSA) is 41.1 Å². The molecular formula is C17H24N2O. The normalized spacial score (nSPS) is 28.4. The number of carbonyl (C=O) groups excluding carboxylic acids is 1. The summed E-state index contributed by atoms with van der Waals surface area (Å²) >= 11 is 0. The molecule has 3 heteroatoms. The number of piperidine rings is 1. The fourth-order valence-electron chi connectivity index (χ4n) is 3.76. The molecule has 2 fully saturated rings. The minimum absolute atomic E-state index is 0.178. The highest BCUT2D eigenvalue weighted by molar-refractivity contribution is 5.91. The number of para-hydroxylation sites is 1. The van der Waals surface area contributed by atoms with E-state index >= 15 is 0 Å². The van der Waals surface area contributed by atoms with E-state index in [-0.39, 0.29) is 5.91 Å². The summed E-state index contributed by atoms with van der Waals surface area (Å²) in [5, 5.41) is 6.73. The van der Waals surface area contributed by atoms with Gasteiger partial charge in [0.05, 0.1) is 0 Å². The predicted octanol–water partition coefficient (Wildman–Crippen LogP) is 3.11. The van der Waals surface area contributed by atoms with E-state index in [4.69, 9.17) is 0 Å². The summed E-state index contributed by atoms with van der Waals surface area (Å²) in [5.41, 5.74) is 2.20. The Bertz CT molecular complexity index is 474. The summed E-state index contributed by atoms with van der Waals surface area (Å²) in [6, 6.07) is 9.42. The molecule has 2 aliphatic heterocycles. The third-order valence-corrected chi connectivity index (χ3v) is 4.72. The van der Waals surface area contributed by atoms with Gasteiger partial charge < -0.3 is 10.6 Å². The van der Waals surface area contributed by atoms with E-state index in [0.29, 0.717) is 24.4 Å². The zero-order valence-electron chi connectivity index (χ0n) is 12.2. The Morgan fingerprint density at radius 2 is 1.95 bits per heavy atom. The summed E-state index contributed by atoms with van der Waals surface area (Å²) in [5.74, 6) is 0.736. The molecule has 2 heterocycles. The van der Waals surface area contributed by atoms with E-state index in [1.807, 2.05) is 18.2 Å². The third kappa shape index (κ3) is 3.04. The monoisotopic (exact) mass is 272 g/mol. The molecule has 1 amide bonds. The number of amides is 1. The number of hydrogen-bond acceptors (Lipinski definition) is 2. The van der Waals surface area contributed by atoms with Crippen molar-refractivity contribution in [3.63, 3.8) is 0 Å². The van der Waals surface area contributed by atoms with Crippen LogP contribution < -0.4 is 10.6 Å². The lowest BCUT2D eigenvalue weighted by Gasteiger charge is -2.28. The molecule has 0 radical (unpaired) electrons. The average molecular weight is 272 g/mol. The predicted molar refractivity (Wildman–Crippen MR) is 81.7 cm³/mol. The maximum Gasteiger partial charge on any atom is 0.224 e. The van der Waals surface area contributed by atoms with E-state index in [1.54, 1.807) is 0 Å². The van der Waals surface area contributed by atoms with Gasteiger partial charge in [-0.15, -0.1) is 0 Å². The second kappa shape index (κ2) is 5.96. The smallest absolute Gasteiger partial charge is 0.224 e. The second-order valence-corrected chi connectivity index (χ2v) is 6.24. The van der Waals surface area contributed by atoms with E-state index in [9.17, 15) is 4.79 Å². The quantitative estimate of drug-likeness (QED) is 0.884. The fourth-order valence-corrected chi connectivity index (χ4v) is 3.76. The van der Waals surface area contributed by atoms with Gasteiger partial charge in [0.2, 0.25) is 5.91 Å². The lowest BCUT2D eigenvalue weighted by Crippen LogP contribution is -2.39. The maximum atomic E-state index is 12.3. The molecule has 1 aromatic carbocycles. The zero-order chi connectivity index (χ0) is 13.9. The highest BCUT2D eigenvalue weighted by Gasteiger charge is 2.34. The number of rotatable bonds is 4. The van der Waals surface area contributed by atoms with Crippen LogP contribution in [0.15, 0.2) is 24.3 Å². The minimum atomic E-state index is 0.178.